The zero-order chi connectivity index (χ0) is 20.4. The number of benzene rings is 1. The van der Waals surface area contributed by atoms with E-state index >= 15 is 0 Å². The summed E-state index contributed by atoms with van der Waals surface area (Å²) in [6.07, 6.45) is 3.38. The molecule has 146 valence electrons. The minimum absolute atomic E-state index is 0.201. The molecule has 0 fully saturated rings. The maximum absolute atomic E-state index is 8.98. The molecule has 0 aliphatic carbocycles. The van der Waals surface area contributed by atoms with Crippen LogP contribution in [-0.2, 0) is 11.0 Å². The summed E-state index contributed by atoms with van der Waals surface area (Å²) in [4.78, 5) is 7.96. The molecule has 0 aliphatic heterocycles. The third-order valence-corrected chi connectivity index (χ3v) is 9.88. The molecule has 0 saturated heterocycles. The van der Waals surface area contributed by atoms with Crippen LogP contribution in [0.1, 0.15) is 26.5 Å². The highest BCUT2D eigenvalue weighted by atomic mass is 28.4. The Morgan fingerprint density at radius 2 is 1.96 bits per heavy atom. The molecule has 3 rings (SSSR count). The molecule has 0 amide bonds. The molecular weight excluding hydrogens is 368 g/mol. The number of nitriles is 1. The van der Waals surface area contributed by atoms with Crippen LogP contribution in [-0.4, -0.2) is 29.5 Å². The minimum atomic E-state index is -1.76. The van der Waals surface area contributed by atoms with Crippen molar-refractivity contribution in [3.63, 3.8) is 0 Å². The van der Waals surface area contributed by atoms with Crippen LogP contribution >= 0.6 is 0 Å². The van der Waals surface area contributed by atoms with Gasteiger partial charge in [-0.05, 0) is 36.3 Å². The third-order valence-electron chi connectivity index (χ3n) is 5.35. The van der Waals surface area contributed by atoms with Crippen LogP contribution in [0.3, 0.4) is 0 Å². The highest BCUT2D eigenvalue weighted by Crippen LogP contribution is 2.36. The quantitative estimate of drug-likeness (QED) is 0.543. The van der Waals surface area contributed by atoms with Gasteiger partial charge in [0.15, 0.2) is 8.32 Å². The third kappa shape index (κ3) is 4.24. The summed E-state index contributed by atoms with van der Waals surface area (Å²) < 4.78 is 14.4. The molecular formula is C21H26N4O2Si. The molecule has 2 aromatic heterocycles. The van der Waals surface area contributed by atoms with Gasteiger partial charge in [0.2, 0.25) is 5.88 Å². The van der Waals surface area contributed by atoms with Gasteiger partial charge >= 0.3 is 0 Å². The lowest BCUT2D eigenvalue weighted by Gasteiger charge is -2.36. The number of hydrogen-bond acceptors (Lipinski definition) is 5. The summed E-state index contributed by atoms with van der Waals surface area (Å²) in [5.74, 6) is 1.05. The van der Waals surface area contributed by atoms with Crippen LogP contribution in [0.15, 0.2) is 42.9 Å². The average Bonchev–Trinajstić information content (AvgIpc) is 3.05. The molecule has 0 aliphatic rings. The summed E-state index contributed by atoms with van der Waals surface area (Å²) >= 11 is 0. The predicted molar refractivity (Wildman–Crippen MR) is 112 cm³/mol. The largest absolute Gasteiger partial charge is 0.438 e. The smallest absolute Gasteiger partial charge is 0.223 e. The van der Waals surface area contributed by atoms with Crippen molar-refractivity contribution in [2.75, 3.05) is 6.61 Å². The van der Waals surface area contributed by atoms with Crippen molar-refractivity contribution in [2.24, 2.45) is 0 Å². The first kappa shape index (κ1) is 20.1. The zero-order valence-corrected chi connectivity index (χ0v) is 18.1. The molecule has 0 unspecified atom stereocenters. The molecule has 0 radical (unpaired) electrons. The van der Waals surface area contributed by atoms with Gasteiger partial charge in [-0.2, -0.15) is 5.26 Å². The van der Waals surface area contributed by atoms with E-state index in [1.807, 2.05) is 30.5 Å². The Hall–Kier alpha value is -2.69. The summed E-state index contributed by atoms with van der Waals surface area (Å²) in [7, 11) is -1.76. The number of aromatic nitrogens is 3. The monoisotopic (exact) mass is 394 g/mol. The van der Waals surface area contributed by atoms with Gasteiger partial charge in [0.25, 0.3) is 0 Å². The van der Waals surface area contributed by atoms with Crippen LogP contribution < -0.4 is 4.74 Å². The molecule has 1 aromatic carbocycles. The van der Waals surface area contributed by atoms with Gasteiger partial charge in [-0.25, -0.2) is 9.97 Å². The fourth-order valence-corrected chi connectivity index (χ4v) is 3.70. The van der Waals surface area contributed by atoms with E-state index in [1.165, 1.54) is 12.4 Å². The molecule has 3 aromatic rings. The molecule has 28 heavy (non-hydrogen) atoms. The molecule has 0 spiro atoms. The van der Waals surface area contributed by atoms with E-state index < -0.39 is 8.32 Å². The molecule has 0 bridgehead atoms. The number of rotatable bonds is 6. The van der Waals surface area contributed by atoms with E-state index in [9.17, 15) is 0 Å². The fraction of sp³-hybridized carbons (Fsp3) is 0.381. The maximum atomic E-state index is 8.98. The molecule has 0 N–H and O–H groups in total. The molecule has 6 nitrogen and oxygen atoms in total. The Morgan fingerprint density at radius 1 is 1.18 bits per heavy atom. The second kappa shape index (κ2) is 7.74. The van der Waals surface area contributed by atoms with Gasteiger partial charge < -0.3 is 13.7 Å². The first-order chi connectivity index (χ1) is 13.2. The molecule has 0 saturated carbocycles. The van der Waals surface area contributed by atoms with Gasteiger partial charge in [-0.3, -0.25) is 0 Å². The van der Waals surface area contributed by atoms with Crippen molar-refractivity contribution in [1.82, 2.24) is 14.5 Å². The lowest BCUT2D eigenvalue weighted by molar-refractivity contribution is 0.273. The normalized spacial score (nSPS) is 12.1. The Balaban J connectivity index is 1.77. The van der Waals surface area contributed by atoms with Gasteiger partial charge in [-0.1, -0.05) is 26.8 Å². The van der Waals surface area contributed by atoms with Crippen molar-refractivity contribution in [3.05, 3.63) is 48.5 Å². The van der Waals surface area contributed by atoms with Crippen molar-refractivity contribution in [2.45, 2.75) is 45.4 Å². The van der Waals surface area contributed by atoms with E-state index in [-0.39, 0.29) is 10.7 Å². The lowest BCUT2D eigenvalue weighted by Crippen LogP contribution is -2.41. The average molecular weight is 395 g/mol. The van der Waals surface area contributed by atoms with Gasteiger partial charge in [0.05, 0.1) is 12.1 Å². The van der Waals surface area contributed by atoms with Crippen molar-refractivity contribution < 1.29 is 9.16 Å². The molecule has 7 heteroatoms. The van der Waals surface area contributed by atoms with E-state index in [2.05, 4.69) is 54.5 Å². The number of ether oxygens (including phenoxy) is 1. The van der Waals surface area contributed by atoms with Crippen LogP contribution in [0.2, 0.25) is 18.1 Å². The topological polar surface area (TPSA) is 73.0 Å². The summed E-state index contributed by atoms with van der Waals surface area (Å²) in [5, 5.41) is 10.2. The van der Waals surface area contributed by atoms with E-state index in [4.69, 9.17) is 14.4 Å². The molecule has 2 heterocycles. The lowest BCUT2D eigenvalue weighted by atomic mass is 10.2. The number of fused-ring (bicyclic) bond motifs is 1. The number of hydrogen-bond donors (Lipinski definition) is 0. The van der Waals surface area contributed by atoms with Crippen molar-refractivity contribution in [1.29, 1.82) is 5.26 Å². The highest BCUT2D eigenvalue weighted by Gasteiger charge is 2.36. The van der Waals surface area contributed by atoms with E-state index in [1.54, 1.807) is 0 Å². The van der Waals surface area contributed by atoms with Crippen LogP contribution in [0, 0.1) is 11.3 Å². The highest BCUT2D eigenvalue weighted by molar-refractivity contribution is 6.74. The standard InChI is InChI=1S/C21H26N4O2Si/c1-21(2,3)28(4,5)26-12-11-25-10-9-17-18(25)7-6-8-19(17)27-20-13-16(14-22)23-15-24-20/h6-10,13,15H,11-12H2,1-5H3. The van der Waals surface area contributed by atoms with E-state index in [0.717, 1.165) is 17.4 Å². The van der Waals surface area contributed by atoms with Crippen LogP contribution in [0.5, 0.6) is 11.6 Å². The van der Waals surface area contributed by atoms with Gasteiger partial charge in [0.1, 0.15) is 23.8 Å². The first-order valence-electron chi connectivity index (χ1n) is 9.33. The van der Waals surface area contributed by atoms with Crippen molar-refractivity contribution >= 4 is 19.2 Å². The predicted octanol–water partition coefficient (Wildman–Crippen LogP) is 5.12. The Kier molecular flexibility index (Phi) is 5.54. The first-order valence-corrected chi connectivity index (χ1v) is 12.2. The SMILES string of the molecule is CC(C)(C)[Si](C)(C)OCCn1ccc2c(Oc3cc(C#N)ncn3)cccc21. The fourth-order valence-electron chi connectivity index (χ4n) is 2.66. The van der Waals surface area contributed by atoms with Crippen LogP contribution in [0.4, 0.5) is 0 Å². The van der Waals surface area contributed by atoms with Crippen LogP contribution in [0.25, 0.3) is 10.9 Å². The summed E-state index contributed by atoms with van der Waals surface area (Å²) in [6.45, 7) is 12.7. The second-order valence-corrected chi connectivity index (χ2v) is 13.1. The summed E-state index contributed by atoms with van der Waals surface area (Å²) in [6, 6.07) is 11.5. The number of nitrogens with zero attached hydrogens (tertiary/aromatic N) is 4. The maximum Gasteiger partial charge on any atom is 0.223 e. The Bertz CT molecular complexity index is 1020. The second-order valence-electron chi connectivity index (χ2n) is 8.26. The van der Waals surface area contributed by atoms with Gasteiger partial charge in [-0.15, -0.1) is 0 Å². The Morgan fingerprint density at radius 3 is 2.68 bits per heavy atom. The van der Waals surface area contributed by atoms with Crippen molar-refractivity contribution in [3.8, 4) is 17.7 Å². The summed E-state index contributed by atoms with van der Waals surface area (Å²) in [5.41, 5.74) is 1.35. The Labute approximate surface area is 166 Å². The van der Waals surface area contributed by atoms with Gasteiger partial charge in [0, 0.05) is 24.2 Å². The minimum Gasteiger partial charge on any atom is -0.438 e. The van der Waals surface area contributed by atoms with E-state index in [0.29, 0.717) is 18.2 Å². The zero-order valence-electron chi connectivity index (χ0n) is 17.1. The molecule has 0 atom stereocenters.